The Bertz CT molecular complexity index is 829. The smallest absolute Gasteiger partial charge is 0.258 e. The molecule has 2 unspecified atom stereocenters. The van der Waals surface area contributed by atoms with Gasteiger partial charge in [-0.05, 0) is 56.1 Å². The second-order valence-electron chi connectivity index (χ2n) is 7.37. The molecular formula is C22H26ClN3O2. The standard InChI is InChI=1S/C22H25N3O2.ClH/c1-24(18-8-3-2-4-9-18)21(26)16-6-5-7-17(14-16)22(27)25-19-10-11-20(25)15-23-13-12-19;/h2-9,14,19-20,23H,10-13,15H2,1H3;1H. The van der Waals surface area contributed by atoms with E-state index in [4.69, 9.17) is 0 Å². The SMILES string of the molecule is CN(C(=O)c1cccc(C(=O)N2C3CCNCC2CC3)c1)c1ccccc1.Cl. The van der Waals surface area contributed by atoms with Crippen LogP contribution in [-0.2, 0) is 0 Å². The van der Waals surface area contributed by atoms with Gasteiger partial charge in [-0.2, -0.15) is 0 Å². The monoisotopic (exact) mass is 399 g/mol. The first kappa shape index (κ1) is 20.4. The summed E-state index contributed by atoms with van der Waals surface area (Å²) in [5, 5.41) is 3.42. The summed E-state index contributed by atoms with van der Waals surface area (Å²) >= 11 is 0. The van der Waals surface area contributed by atoms with E-state index in [1.54, 1.807) is 30.1 Å². The fourth-order valence-corrected chi connectivity index (χ4v) is 4.21. The first-order chi connectivity index (χ1) is 13.1. The molecule has 2 fully saturated rings. The van der Waals surface area contributed by atoms with Crippen molar-refractivity contribution in [1.29, 1.82) is 0 Å². The molecular weight excluding hydrogens is 374 g/mol. The summed E-state index contributed by atoms with van der Waals surface area (Å²) in [7, 11) is 1.76. The molecule has 2 aromatic carbocycles. The summed E-state index contributed by atoms with van der Waals surface area (Å²) in [6, 6.07) is 17.2. The predicted molar refractivity (Wildman–Crippen MR) is 113 cm³/mol. The minimum Gasteiger partial charge on any atom is -0.331 e. The van der Waals surface area contributed by atoms with Gasteiger partial charge in [-0.3, -0.25) is 9.59 Å². The molecule has 2 saturated heterocycles. The van der Waals surface area contributed by atoms with Crippen LogP contribution in [0.3, 0.4) is 0 Å². The summed E-state index contributed by atoms with van der Waals surface area (Å²) in [6.45, 7) is 1.82. The molecule has 28 heavy (non-hydrogen) atoms. The maximum absolute atomic E-state index is 13.2. The maximum atomic E-state index is 13.2. The van der Waals surface area contributed by atoms with Crippen LogP contribution in [0, 0.1) is 0 Å². The largest absolute Gasteiger partial charge is 0.331 e. The minimum absolute atomic E-state index is 0. The van der Waals surface area contributed by atoms with Crippen molar-refractivity contribution in [3.63, 3.8) is 0 Å². The van der Waals surface area contributed by atoms with Crippen molar-refractivity contribution in [3.05, 3.63) is 65.7 Å². The van der Waals surface area contributed by atoms with Gasteiger partial charge in [-0.1, -0.05) is 24.3 Å². The van der Waals surface area contributed by atoms with Crippen LogP contribution in [0.4, 0.5) is 5.69 Å². The van der Waals surface area contributed by atoms with Crippen molar-refractivity contribution in [2.45, 2.75) is 31.3 Å². The van der Waals surface area contributed by atoms with Gasteiger partial charge in [0, 0.05) is 42.5 Å². The molecule has 2 aromatic rings. The fourth-order valence-electron chi connectivity index (χ4n) is 4.21. The van der Waals surface area contributed by atoms with Gasteiger partial charge < -0.3 is 15.1 Å². The van der Waals surface area contributed by atoms with Crippen LogP contribution in [0.15, 0.2) is 54.6 Å². The number of nitrogens with zero attached hydrogens (tertiary/aromatic N) is 2. The molecule has 0 spiro atoms. The van der Waals surface area contributed by atoms with Crippen LogP contribution in [-0.4, -0.2) is 48.9 Å². The number of carbonyl (C=O) groups excluding carboxylic acids is 2. The average molecular weight is 400 g/mol. The Kier molecular flexibility index (Phi) is 6.37. The van der Waals surface area contributed by atoms with Crippen molar-refractivity contribution >= 4 is 29.9 Å². The van der Waals surface area contributed by atoms with Gasteiger partial charge in [0.05, 0.1) is 0 Å². The number of para-hydroxylation sites is 1. The van der Waals surface area contributed by atoms with Gasteiger partial charge in [0.2, 0.25) is 0 Å². The van der Waals surface area contributed by atoms with Gasteiger partial charge in [0.15, 0.2) is 0 Å². The van der Waals surface area contributed by atoms with Crippen molar-refractivity contribution in [2.24, 2.45) is 0 Å². The Morgan fingerprint density at radius 3 is 2.46 bits per heavy atom. The second kappa shape index (κ2) is 8.76. The number of benzene rings is 2. The van der Waals surface area contributed by atoms with Crippen LogP contribution in [0.25, 0.3) is 0 Å². The lowest BCUT2D eigenvalue weighted by Crippen LogP contribution is -2.42. The van der Waals surface area contributed by atoms with E-state index < -0.39 is 0 Å². The summed E-state index contributed by atoms with van der Waals surface area (Å²) in [5.74, 6) is -0.0698. The Morgan fingerprint density at radius 1 is 0.964 bits per heavy atom. The highest BCUT2D eigenvalue weighted by molar-refractivity contribution is 6.07. The molecule has 0 aromatic heterocycles. The van der Waals surface area contributed by atoms with Crippen LogP contribution in [0.2, 0.25) is 0 Å². The number of carbonyl (C=O) groups is 2. The molecule has 5 nitrogen and oxygen atoms in total. The van der Waals surface area contributed by atoms with Crippen molar-refractivity contribution in [1.82, 2.24) is 10.2 Å². The molecule has 2 heterocycles. The minimum atomic E-state index is -0.114. The first-order valence-corrected chi connectivity index (χ1v) is 9.61. The van der Waals surface area contributed by atoms with E-state index in [1.165, 1.54) is 0 Å². The first-order valence-electron chi connectivity index (χ1n) is 9.61. The van der Waals surface area contributed by atoms with E-state index in [0.717, 1.165) is 38.0 Å². The number of halogens is 1. The Balaban J connectivity index is 0.00000225. The highest BCUT2D eigenvalue weighted by Gasteiger charge is 2.38. The van der Waals surface area contributed by atoms with E-state index in [9.17, 15) is 9.59 Å². The van der Waals surface area contributed by atoms with E-state index in [1.807, 2.05) is 41.3 Å². The third-order valence-electron chi connectivity index (χ3n) is 5.69. The summed E-state index contributed by atoms with van der Waals surface area (Å²) in [5.41, 5.74) is 1.96. The molecule has 0 saturated carbocycles. The Labute approximate surface area is 172 Å². The molecule has 148 valence electrons. The predicted octanol–water partition coefficient (Wildman–Crippen LogP) is 3.35. The van der Waals surface area contributed by atoms with Gasteiger partial charge in [0.25, 0.3) is 11.8 Å². The number of nitrogens with one attached hydrogen (secondary N) is 1. The van der Waals surface area contributed by atoms with Crippen molar-refractivity contribution in [3.8, 4) is 0 Å². The molecule has 1 N–H and O–H groups in total. The van der Waals surface area contributed by atoms with Crippen LogP contribution >= 0.6 is 12.4 Å². The lowest BCUT2D eigenvalue weighted by molar-refractivity contribution is 0.0680. The zero-order valence-corrected chi connectivity index (χ0v) is 16.8. The zero-order valence-electron chi connectivity index (χ0n) is 16.0. The van der Waals surface area contributed by atoms with Crippen molar-refractivity contribution < 1.29 is 9.59 Å². The molecule has 2 aliphatic rings. The highest BCUT2D eigenvalue weighted by Crippen LogP contribution is 2.29. The number of anilines is 1. The van der Waals surface area contributed by atoms with Gasteiger partial charge in [-0.25, -0.2) is 0 Å². The summed E-state index contributed by atoms with van der Waals surface area (Å²) < 4.78 is 0. The number of amides is 2. The maximum Gasteiger partial charge on any atom is 0.258 e. The van der Waals surface area contributed by atoms with Gasteiger partial charge in [0.1, 0.15) is 0 Å². The fraction of sp³-hybridized carbons (Fsp3) is 0.364. The number of rotatable bonds is 3. The number of hydrogen-bond donors (Lipinski definition) is 1. The second-order valence-corrected chi connectivity index (χ2v) is 7.37. The van der Waals surface area contributed by atoms with Crippen molar-refractivity contribution in [2.75, 3.05) is 25.0 Å². The van der Waals surface area contributed by atoms with Crippen LogP contribution in [0.5, 0.6) is 0 Å². The van der Waals surface area contributed by atoms with E-state index in [0.29, 0.717) is 17.2 Å². The lowest BCUT2D eigenvalue weighted by atomic mass is 10.1. The van der Waals surface area contributed by atoms with Crippen LogP contribution < -0.4 is 10.2 Å². The molecule has 4 rings (SSSR count). The lowest BCUT2D eigenvalue weighted by Gasteiger charge is -2.28. The van der Waals surface area contributed by atoms with E-state index in [2.05, 4.69) is 5.32 Å². The Hall–Kier alpha value is -2.37. The average Bonchev–Trinajstić information content (AvgIpc) is 2.99. The van der Waals surface area contributed by atoms with Gasteiger partial charge >= 0.3 is 0 Å². The molecule has 2 amide bonds. The highest BCUT2D eigenvalue weighted by atomic mass is 35.5. The van der Waals surface area contributed by atoms with E-state index in [-0.39, 0.29) is 30.3 Å². The number of fused-ring (bicyclic) bond motifs is 2. The summed E-state index contributed by atoms with van der Waals surface area (Å²) in [6.07, 6.45) is 3.13. The third-order valence-corrected chi connectivity index (χ3v) is 5.69. The molecule has 6 heteroatoms. The molecule has 2 bridgehead atoms. The molecule has 2 atom stereocenters. The number of hydrogen-bond acceptors (Lipinski definition) is 3. The zero-order chi connectivity index (χ0) is 18.8. The summed E-state index contributed by atoms with van der Waals surface area (Å²) in [4.78, 5) is 29.7. The van der Waals surface area contributed by atoms with E-state index >= 15 is 0 Å². The molecule has 2 aliphatic heterocycles. The quantitative estimate of drug-likeness (QED) is 0.861. The van der Waals surface area contributed by atoms with Crippen LogP contribution in [0.1, 0.15) is 40.0 Å². The molecule has 0 aliphatic carbocycles. The molecule has 0 radical (unpaired) electrons. The third kappa shape index (κ3) is 3.91. The Morgan fingerprint density at radius 2 is 1.68 bits per heavy atom. The van der Waals surface area contributed by atoms with Gasteiger partial charge in [-0.15, -0.1) is 12.4 Å². The topological polar surface area (TPSA) is 52.7 Å². The normalized spacial score (nSPS) is 20.8.